The van der Waals surface area contributed by atoms with E-state index in [0.29, 0.717) is 5.56 Å². The molecule has 1 aromatic carbocycles. The Morgan fingerprint density at radius 1 is 1.29 bits per heavy atom. The van der Waals surface area contributed by atoms with Crippen molar-refractivity contribution in [2.45, 2.75) is 30.6 Å². The molecule has 1 fully saturated rings. The summed E-state index contributed by atoms with van der Waals surface area (Å²) in [6, 6.07) is 7.52. The Balaban J connectivity index is 2.11. The maximum Gasteiger partial charge on any atom is 0.251 e. The highest BCUT2D eigenvalue weighted by atomic mass is 16.7. The Bertz CT molecular complexity index is 466. The van der Waals surface area contributed by atoms with Crippen molar-refractivity contribution in [3.8, 4) is 0 Å². The molecule has 1 heterocycles. The van der Waals surface area contributed by atoms with E-state index in [9.17, 15) is 15.0 Å². The quantitative estimate of drug-likeness (QED) is 0.560. The minimum absolute atomic E-state index is 0.415. The molecule has 1 amide bonds. The van der Waals surface area contributed by atoms with E-state index in [4.69, 9.17) is 14.6 Å². The molecular weight excluding hydrogens is 278 g/mol. The highest BCUT2D eigenvalue weighted by Crippen LogP contribution is 2.22. The second kappa shape index (κ2) is 6.97. The van der Waals surface area contributed by atoms with Gasteiger partial charge >= 0.3 is 0 Å². The maximum atomic E-state index is 12.1. The number of rotatable bonds is 4. The highest BCUT2D eigenvalue weighted by molar-refractivity contribution is 5.94. The predicted molar refractivity (Wildman–Crippen MR) is 72.5 cm³/mol. The molecular formula is C14H19NO6. The zero-order valence-corrected chi connectivity index (χ0v) is 11.5. The van der Waals surface area contributed by atoms with Crippen molar-refractivity contribution >= 4 is 5.91 Å². The van der Waals surface area contributed by atoms with Gasteiger partial charge in [0.25, 0.3) is 5.91 Å². The first kappa shape index (κ1) is 15.9. The van der Waals surface area contributed by atoms with Crippen molar-refractivity contribution in [1.29, 1.82) is 0 Å². The fourth-order valence-corrected chi connectivity index (χ4v) is 2.26. The van der Waals surface area contributed by atoms with Crippen molar-refractivity contribution in [3.63, 3.8) is 0 Å². The summed E-state index contributed by atoms with van der Waals surface area (Å²) >= 11 is 0. The largest absolute Gasteiger partial charge is 0.394 e. The lowest BCUT2D eigenvalue weighted by atomic mass is 9.96. The van der Waals surface area contributed by atoms with E-state index in [1.807, 2.05) is 0 Å². The summed E-state index contributed by atoms with van der Waals surface area (Å²) in [6.45, 7) is -0.461. The van der Waals surface area contributed by atoms with Crippen molar-refractivity contribution < 1.29 is 29.6 Å². The van der Waals surface area contributed by atoms with Crippen LogP contribution in [0.1, 0.15) is 10.4 Å². The van der Waals surface area contributed by atoms with Crippen LogP contribution in [0, 0.1) is 0 Å². The second-order valence-electron chi connectivity index (χ2n) is 4.81. The van der Waals surface area contributed by atoms with Crippen LogP contribution in [0.4, 0.5) is 0 Å². The summed E-state index contributed by atoms with van der Waals surface area (Å²) in [5.74, 6) is -0.417. The Hall–Kier alpha value is -1.51. The van der Waals surface area contributed by atoms with Crippen LogP contribution in [0.15, 0.2) is 30.3 Å². The molecule has 0 bridgehead atoms. The molecule has 0 radical (unpaired) electrons. The number of carbonyl (C=O) groups is 1. The van der Waals surface area contributed by atoms with Crippen LogP contribution in [-0.4, -0.2) is 65.6 Å². The van der Waals surface area contributed by atoms with Crippen LogP contribution in [0.25, 0.3) is 0 Å². The van der Waals surface area contributed by atoms with E-state index >= 15 is 0 Å². The molecule has 0 spiro atoms. The number of hydrogen-bond acceptors (Lipinski definition) is 6. The lowest BCUT2D eigenvalue weighted by Gasteiger charge is -2.41. The first-order chi connectivity index (χ1) is 10.1. The smallest absolute Gasteiger partial charge is 0.251 e. The number of benzene rings is 1. The van der Waals surface area contributed by atoms with Gasteiger partial charge in [-0.15, -0.1) is 0 Å². The molecule has 0 unspecified atom stereocenters. The van der Waals surface area contributed by atoms with E-state index < -0.39 is 43.2 Å². The predicted octanol–water partition coefficient (Wildman–Crippen LogP) is -1.13. The van der Waals surface area contributed by atoms with Crippen LogP contribution < -0.4 is 5.32 Å². The molecule has 1 aliphatic heterocycles. The average molecular weight is 297 g/mol. The fraction of sp³-hybridized carbons (Fsp3) is 0.500. The summed E-state index contributed by atoms with van der Waals surface area (Å²) < 4.78 is 10.4. The third-order valence-corrected chi connectivity index (χ3v) is 3.45. The number of nitrogens with one attached hydrogen (secondary N) is 1. The number of methoxy groups -OCH3 is 1. The van der Waals surface area contributed by atoms with Crippen molar-refractivity contribution in [2.24, 2.45) is 0 Å². The number of aliphatic hydroxyl groups excluding tert-OH is 3. The van der Waals surface area contributed by atoms with Gasteiger partial charge in [-0.2, -0.15) is 0 Å². The van der Waals surface area contributed by atoms with Gasteiger partial charge in [-0.1, -0.05) is 18.2 Å². The fourth-order valence-electron chi connectivity index (χ4n) is 2.26. The van der Waals surface area contributed by atoms with Crippen LogP contribution >= 0.6 is 0 Å². The first-order valence-corrected chi connectivity index (χ1v) is 6.59. The SMILES string of the molecule is CO[C@@H]1O[C@H](CO)[C@H](O)[C@@H](O)[C@H]1NC(=O)c1ccccc1. The number of amides is 1. The minimum Gasteiger partial charge on any atom is -0.394 e. The minimum atomic E-state index is -1.32. The molecule has 1 aliphatic rings. The van der Waals surface area contributed by atoms with Gasteiger partial charge in [-0.25, -0.2) is 0 Å². The van der Waals surface area contributed by atoms with E-state index in [2.05, 4.69) is 5.32 Å². The Morgan fingerprint density at radius 2 is 1.95 bits per heavy atom. The summed E-state index contributed by atoms with van der Waals surface area (Å²) in [4.78, 5) is 12.1. The van der Waals surface area contributed by atoms with Gasteiger partial charge in [-0.3, -0.25) is 4.79 Å². The molecule has 5 atom stereocenters. The molecule has 116 valence electrons. The van der Waals surface area contributed by atoms with E-state index in [1.165, 1.54) is 7.11 Å². The lowest BCUT2D eigenvalue weighted by Crippen LogP contribution is -2.64. The van der Waals surface area contributed by atoms with Crippen molar-refractivity contribution in [3.05, 3.63) is 35.9 Å². The summed E-state index contributed by atoms with van der Waals surface area (Å²) in [7, 11) is 1.35. The molecule has 0 aliphatic carbocycles. The molecule has 0 saturated carbocycles. The average Bonchev–Trinajstić information content (AvgIpc) is 2.53. The highest BCUT2D eigenvalue weighted by Gasteiger charge is 2.45. The van der Waals surface area contributed by atoms with E-state index in [1.54, 1.807) is 30.3 Å². The number of hydrogen-bond donors (Lipinski definition) is 4. The molecule has 4 N–H and O–H groups in total. The molecule has 0 aromatic heterocycles. The topological polar surface area (TPSA) is 108 Å². The van der Waals surface area contributed by atoms with Crippen LogP contribution in [0.2, 0.25) is 0 Å². The third kappa shape index (κ3) is 3.39. The Morgan fingerprint density at radius 3 is 2.52 bits per heavy atom. The number of carbonyl (C=O) groups excluding carboxylic acids is 1. The lowest BCUT2D eigenvalue weighted by molar-refractivity contribution is -0.261. The molecule has 1 saturated heterocycles. The molecule has 1 aromatic rings. The number of aliphatic hydroxyl groups is 3. The van der Waals surface area contributed by atoms with Gasteiger partial charge in [0.05, 0.1) is 6.61 Å². The summed E-state index contributed by atoms with van der Waals surface area (Å²) in [5.41, 5.74) is 0.415. The second-order valence-corrected chi connectivity index (χ2v) is 4.81. The first-order valence-electron chi connectivity index (χ1n) is 6.59. The zero-order chi connectivity index (χ0) is 15.4. The Labute approximate surface area is 122 Å². The molecule has 21 heavy (non-hydrogen) atoms. The van der Waals surface area contributed by atoms with Gasteiger partial charge < -0.3 is 30.1 Å². The van der Waals surface area contributed by atoms with Gasteiger partial charge in [-0.05, 0) is 12.1 Å². The zero-order valence-electron chi connectivity index (χ0n) is 11.5. The Kier molecular flexibility index (Phi) is 5.27. The van der Waals surface area contributed by atoms with E-state index in [0.717, 1.165) is 0 Å². The van der Waals surface area contributed by atoms with Crippen LogP contribution in [-0.2, 0) is 9.47 Å². The van der Waals surface area contributed by atoms with Gasteiger partial charge in [0, 0.05) is 12.7 Å². The molecule has 7 nitrogen and oxygen atoms in total. The molecule has 7 heteroatoms. The van der Waals surface area contributed by atoms with Crippen LogP contribution in [0.3, 0.4) is 0 Å². The third-order valence-electron chi connectivity index (χ3n) is 3.45. The van der Waals surface area contributed by atoms with Gasteiger partial charge in [0.15, 0.2) is 6.29 Å². The monoisotopic (exact) mass is 297 g/mol. The van der Waals surface area contributed by atoms with Crippen LogP contribution in [0.5, 0.6) is 0 Å². The summed E-state index contributed by atoms with van der Waals surface area (Å²) in [5, 5.41) is 31.6. The maximum absolute atomic E-state index is 12.1. The number of ether oxygens (including phenoxy) is 2. The van der Waals surface area contributed by atoms with Crippen molar-refractivity contribution in [1.82, 2.24) is 5.32 Å². The molecule has 2 rings (SSSR count). The van der Waals surface area contributed by atoms with Crippen molar-refractivity contribution in [2.75, 3.05) is 13.7 Å². The van der Waals surface area contributed by atoms with Gasteiger partial charge in [0.2, 0.25) is 0 Å². The standard InChI is InChI=1S/C14H19NO6/c1-20-14-10(12(18)11(17)9(7-16)21-14)15-13(19)8-5-3-2-4-6-8/h2-6,9-12,14,16-18H,7H2,1H3,(H,15,19)/t9-,10-,11+,12+,14-/m1/s1. The van der Waals surface area contributed by atoms with Gasteiger partial charge in [0.1, 0.15) is 24.4 Å². The van der Waals surface area contributed by atoms with E-state index in [-0.39, 0.29) is 0 Å². The normalized spacial score (nSPS) is 32.7. The summed E-state index contributed by atoms with van der Waals surface area (Å²) in [6.07, 6.45) is -4.56.